The van der Waals surface area contributed by atoms with Crippen molar-refractivity contribution in [2.75, 3.05) is 17.3 Å². The van der Waals surface area contributed by atoms with Crippen LogP contribution in [0.1, 0.15) is 13.8 Å². The lowest BCUT2D eigenvalue weighted by Crippen LogP contribution is -2.56. The Morgan fingerprint density at radius 3 is 2.46 bits per heavy atom. The van der Waals surface area contributed by atoms with E-state index in [2.05, 4.69) is 10.6 Å². The molecule has 0 aromatic heterocycles. The fraction of sp³-hybridized carbons (Fsp3) is 0.263. The Hall–Kier alpha value is -2.73. The van der Waals surface area contributed by atoms with Gasteiger partial charge in [0.2, 0.25) is 0 Å². The molecule has 1 aliphatic heterocycles. The Labute approximate surface area is 157 Å². The molecule has 1 unspecified atom stereocenters. The van der Waals surface area contributed by atoms with Crippen molar-refractivity contribution in [1.29, 1.82) is 0 Å². The van der Waals surface area contributed by atoms with Gasteiger partial charge in [0, 0.05) is 23.4 Å². The Bertz CT molecular complexity index is 825. The van der Waals surface area contributed by atoms with Crippen LogP contribution in [0.3, 0.4) is 0 Å². The molecule has 1 atom stereocenters. The summed E-state index contributed by atoms with van der Waals surface area (Å²) in [5, 5.41) is 6.21. The average Bonchev–Trinajstić information content (AvgIpc) is 2.76. The number of carbonyl (C=O) groups excluding carboxylic acids is 2. The van der Waals surface area contributed by atoms with Gasteiger partial charge in [0.15, 0.2) is 0 Å². The molecule has 1 fully saturated rings. The summed E-state index contributed by atoms with van der Waals surface area (Å²) in [6.45, 7) is 3.83. The van der Waals surface area contributed by atoms with Gasteiger partial charge in [-0.1, -0.05) is 35.9 Å². The molecule has 2 N–H and O–H groups in total. The van der Waals surface area contributed by atoms with E-state index in [4.69, 9.17) is 11.6 Å². The van der Waals surface area contributed by atoms with Crippen molar-refractivity contribution < 1.29 is 9.59 Å². The van der Waals surface area contributed by atoms with Crippen molar-refractivity contribution in [1.82, 2.24) is 10.2 Å². The van der Waals surface area contributed by atoms with Gasteiger partial charge in [0.25, 0.3) is 0 Å². The molecule has 26 heavy (non-hydrogen) atoms. The molecule has 3 rings (SSSR count). The lowest BCUT2D eigenvalue weighted by molar-refractivity contribution is 0.180. The first-order chi connectivity index (χ1) is 12.3. The second-order valence-electron chi connectivity index (χ2n) is 6.71. The summed E-state index contributed by atoms with van der Waals surface area (Å²) in [6, 6.07) is 15.6. The molecule has 0 saturated carbocycles. The van der Waals surface area contributed by atoms with Gasteiger partial charge in [-0.3, -0.25) is 4.90 Å². The summed E-state index contributed by atoms with van der Waals surface area (Å²) in [4.78, 5) is 28.5. The number of halogens is 1. The molecule has 1 aliphatic rings. The number of likely N-dealkylation sites (N-methyl/N-ethyl adjacent to an activating group) is 1. The molecule has 4 amide bonds. The monoisotopic (exact) mass is 372 g/mol. The standard InChI is InChI=1S/C19H21ClN4O2/c1-19(2)16(22-17(25)21-14-9-7-8-13(20)12-14)24(18(26)23(19)3)15-10-5-4-6-11-15/h4-12,16H,1-3H3,(H2,21,22,25). The third kappa shape index (κ3) is 3.32. The normalized spacial score (nSPS) is 18.8. The maximum absolute atomic E-state index is 12.8. The summed E-state index contributed by atoms with van der Waals surface area (Å²) in [5.74, 6) is 0. The van der Waals surface area contributed by atoms with E-state index in [1.54, 1.807) is 41.1 Å². The molecule has 6 nitrogen and oxygen atoms in total. The van der Waals surface area contributed by atoms with Gasteiger partial charge >= 0.3 is 12.1 Å². The number of rotatable bonds is 3. The highest BCUT2D eigenvalue weighted by molar-refractivity contribution is 6.30. The molecule has 136 valence electrons. The fourth-order valence-corrected chi connectivity index (χ4v) is 3.16. The van der Waals surface area contributed by atoms with Crippen molar-refractivity contribution in [3.63, 3.8) is 0 Å². The van der Waals surface area contributed by atoms with Gasteiger partial charge in [0.05, 0.1) is 5.54 Å². The van der Waals surface area contributed by atoms with Crippen molar-refractivity contribution in [3.8, 4) is 0 Å². The summed E-state index contributed by atoms with van der Waals surface area (Å²) >= 11 is 5.95. The lowest BCUT2D eigenvalue weighted by atomic mass is 10.0. The number of urea groups is 2. The molecule has 0 spiro atoms. The third-order valence-corrected chi connectivity index (χ3v) is 4.90. The average molecular weight is 373 g/mol. The number of nitrogens with one attached hydrogen (secondary N) is 2. The predicted molar refractivity (Wildman–Crippen MR) is 104 cm³/mol. The van der Waals surface area contributed by atoms with Gasteiger partial charge < -0.3 is 15.5 Å². The third-order valence-electron chi connectivity index (χ3n) is 4.67. The zero-order chi connectivity index (χ0) is 18.9. The molecular weight excluding hydrogens is 352 g/mol. The second-order valence-corrected chi connectivity index (χ2v) is 7.15. The van der Waals surface area contributed by atoms with Crippen LogP contribution in [0.15, 0.2) is 54.6 Å². The summed E-state index contributed by atoms with van der Waals surface area (Å²) in [5.41, 5.74) is 0.707. The maximum Gasteiger partial charge on any atom is 0.326 e. The Morgan fingerprint density at radius 1 is 1.12 bits per heavy atom. The van der Waals surface area contributed by atoms with Crippen molar-refractivity contribution in [2.45, 2.75) is 25.6 Å². The van der Waals surface area contributed by atoms with Crippen molar-refractivity contribution >= 4 is 35.0 Å². The van der Waals surface area contributed by atoms with E-state index in [1.807, 2.05) is 44.2 Å². The second kappa shape index (κ2) is 6.88. The molecule has 7 heteroatoms. The lowest BCUT2D eigenvalue weighted by Gasteiger charge is -2.33. The molecule has 2 aromatic carbocycles. The molecule has 1 heterocycles. The van der Waals surface area contributed by atoms with E-state index < -0.39 is 17.7 Å². The van der Waals surface area contributed by atoms with Crippen LogP contribution < -0.4 is 15.5 Å². The summed E-state index contributed by atoms with van der Waals surface area (Å²) in [7, 11) is 1.73. The first kappa shape index (κ1) is 18.1. The van der Waals surface area contributed by atoms with Gasteiger partial charge in [0.1, 0.15) is 6.17 Å². The van der Waals surface area contributed by atoms with Gasteiger partial charge in [-0.15, -0.1) is 0 Å². The van der Waals surface area contributed by atoms with E-state index in [0.29, 0.717) is 10.7 Å². The Morgan fingerprint density at radius 2 is 1.81 bits per heavy atom. The fourth-order valence-electron chi connectivity index (χ4n) is 2.96. The Kier molecular flexibility index (Phi) is 4.78. The van der Waals surface area contributed by atoms with E-state index >= 15 is 0 Å². The van der Waals surface area contributed by atoms with Crippen LogP contribution in [0.25, 0.3) is 0 Å². The highest BCUT2D eigenvalue weighted by atomic mass is 35.5. The van der Waals surface area contributed by atoms with Gasteiger partial charge in [-0.25, -0.2) is 9.59 Å². The number of para-hydroxylation sites is 1. The van der Waals surface area contributed by atoms with Crippen LogP contribution in [0.5, 0.6) is 0 Å². The quantitative estimate of drug-likeness (QED) is 0.850. The minimum absolute atomic E-state index is 0.172. The number of carbonyl (C=O) groups is 2. The number of hydrogen-bond donors (Lipinski definition) is 2. The van der Waals surface area contributed by atoms with E-state index in [9.17, 15) is 9.59 Å². The van der Waals surface area contributed by atoms with Crippen molar-refractivity contribution in [2.24, 2.45) is 0 Å². The molecule has 0 bridgehead atoms. The number of anilines is 2. The molecule has 2 aromatic rings. The van der Waals surface area contributed by atoms with Crippen molar-refractivity contribution in [3.05, 3.63) is 59.6 Å². The van der Waals surface area contributed by atoms with Crippen LogP contribution >= 0.6 is 11.6 Å². The molecular formula is C19H21ClN4O2. The minimum atomic E-state index is -0.599. The number of nitrogens with zero attached hydrogens (tertiary/aromatic N) is 2. The molecule has 0 radical (unpaired) electrons. The Balaban J connectivity index is 1.85. The summed E-state index contributed by atoms with van der Waals surface area (Å²) < 4.78 is 0. The highest BCUT2D eigenvalue weighted by Crippen LogP contribution is 2.33. The number of benzene rings is 2. The topological polar surface area (TPSA) is 64.7 Å². The van der Waals surface area contributed by atoms with E-state index in [1.165, 1.54) is 0 Å². The highest BCUT2D eigenvalue weighted by Gasteiger charge is 2.51. The van der Waals surface area contributed by atoms with Crippen LogP contribution in [-0.2, 0) is 0 Å². The van der Waals surface area contributed by atoms with Gasteiger partial charge in [-0.2, -0.15) is 0 Å². The van der Waals surface area contributed by atoms with E-state index in [0.717, 1.165) is 5.69 Å². The van der Waals surface area contributed by atoms with Crippen LogP contribution in [0.2, 0.25) is 5.02 Å². The molecule has 0 aliphatic carbocycles. The number of hydrogen-bond acceptors (Lipinski definition) is 2. The first-order valence-electron chi connectivity index (χ1n) is 8.26. The molecule has 1 saturated heterocycles. The minimum Gasteiger partial charge on any atom is -0.318 e. The van der Waals surface area contributed by atoms with Gasteiger partial charge in [-0.05, 0) is 44.2 Å². The largest absolute Gasteiger partial charge is 0.326 e. The van der Waals surface area contributed by atoms with Crippen LogP contribution in [0.4, 0.5) is 21.0 Å². The first-order valence-corrected chi connectivity index (χ1v) is 8.63. The predicted octanol–water partition coefficient (Wildman–Crippen LogP) is 4.14. The zero-order valence-corrected chi connectivity index (χ0v) is 15.6. The van der Waals surface area contributed by atoms with Crippen LogP contribution in [0, 0.1) is 0 Å². The smallest absolute Gasteiger partial charge is 0.318 e. The maximum atomic E-state index is 12.8. The number of amides is 4. The van der Waals surface area contributed by atoms with Crippen LogP contribution in [-0.4, -0.2) is 35.7 Å². The SMILES string of the molecule is CN1C(=O)N(c2ccccc2)C(NC(=O)Nc2cccc(Cl)c2)C1(C)C. The summed E-state index contributed by atoms with van der Waals surface area (Å²) in [6.07, 6.45) is -0.540. The van der Waals surface area contributed by atoms with E-state index in [-0.39, 0.29) is 6.03 Å². The zero-order valence-electron chi connectivity index (χ0n) is 14.9.